The molecular weight excluding hydrogens is 680 g/mol. The van der Waals surface area contributed by atoms with Gasteiger partial charge in [-0.3, -0.25) is 19.2 Å². The summed E-state index contributed by atoms with van der Waals surface area (Å²) in [6.45, 7) is 19.8. The molecule has 0 radical (unpaired) electrons. The van der Waals surface area contributed by atoms with Crippen LogP contribution in [0.2, 0.25) is 0 Å². The predicted octanol–water partition coefficient (Wildman–Crippen LogP) is 3.36. The first-order chi connectivity index (χ1) is 24.6. The second-order valence-corrected chi connectivity index (χ2v) is 15.9. The highest BCUT2D eigenvalue weighted by atomic mass is 16.6. The van der Waals surface area contributed by atoms with Gasteiger partial charge in [0, 0.05) is 18.5 Å². The van der Waals surface area contributed by atoms with Gasteiger partial charge in [0.05, 0.1) is 7.11 Å². The molecule has 0 saturated carbocycles. The number of hydrogen-bond donors (Lipinski definition) is 6. The van der Waals surface area contributed by atoms with Crippen LogP contribution in [0.4, 0.5) is 4.79 Å². The maximum Gasteiger partial charge on any atom is 0.408 e. The lowest BCUT2D eigenvalue weighted by molar-refractivity contribution is -0.147. The molecule has 1 aromatic carbocycles. The van der Waals surface area contributed by atoms with E-state index in [1.54, 1.807) is 48.5 Å². The molecule has 0 bridgehead atoms. The van der Waals surface area contributed by atoms with Crippen molar-refractivity contribution in [2.24, 2.45) is 29.4 Å². The van der Waals surface area contributed by atoms with Crippen molar-refractivity contribution in [3.05, 3.63) is 35.9 Å². The fourth-order valence-electron chi connectivity index (χ4n) is 5.55. The Bertz CT molecular complexity index is 1350. The fraction of sp³-hybridized carbons (Fsp3) is 0.692. The van der Waals surface area contributed by atoms with Crippen LogP contribution in [0.3, 0.4) is 0 Å². The molecule has 1 rings (SSSR count). The van der Waals surface area contributed by atoms with Gasteiger partial charge in [0.25, 0.3) is 0 Å². The minimum atomic E-state index is -1.00. The normalized spacial score (nSPS) is 15.6. The summed E-state index contributed by atoms with van der Waals surface area (Å²) in [6, 6.07) is 3.86. The van der Waals surface area contributed by atoms with Crippen molar-refractivity contribution in [3.8, 4) is 0 Å². The van der Waals surface area contributed by atoms with Crippen LogP contribution < -0.4 is 32.3 Å². The van der Waals surface area contributed by atoms with Gasteiger partial charge in [-0.1, -0.05) is 92.1 Å². The number of carbonyl (C=O) groups is 6. The molecular formula is C39H66N6O8. The monoisotopic (exact) mass is 746 g/mol. The van der Waals surface area contributed by atoms with Crippen molar-refractivity contribution >= 4 is 35.7 Å². The van der Waals surface area contributed by atoms with Gasteiger partial charge >= 0.3 is 12.1 Å². The van der Waals surface area contributed by atoms with Crippen molar-refractivity contribution in [1.82, 2.24) is 26.6 Å². The smallest absolute Gasteiger partial charge is 0.408 e. The average Bonchev–Trinajstić information content (AvgIpc) is 3.05. The summed E-state index contributed by atoms with van der Waals surface area (Å²) in [5.74, 6) is -3.51. The zero-order valence-electron chi connectivity index (χ0n) is 33.8. The Balaban J connectivity index is 3.26. The first-order valence-corrected chi connectivity index (χ1v) is 18.7. The first-order valence-electron chi connectivity index (χ1n) is 18.7. The number of esters is 1. The van der Waals surface area contributed by atoms with Crippen LogP contribution in [0, 0.1) is 23.7 Å². The van der Waals surface area contributed by atoms with E-state index in [0.717, 1.165) is 5.56 Å². The van der Waals surface area contributed by atoms with Crippen LogP contribution in [0.15, 0.2) is 30.3 Å². The number of alkyl carbamates (subject to hydrolysis) is 1. The lowest BCUT2D eigenvalue weighted by atomic mass is 9.94. The maximum absolute atomic E-state index is 13.9. The van der Waals surface area contributed by atoms with Gasteiger partial charge in [-0.15, -0.1) is 0 Å². The third-order valence-electron chi connectivity index (χ3n) is 8.76. The number of hydrogen-bond acceptors (Lipinski definition) is 9. The number of nitrogens with one attached hydrogen (secondary N) is 5. The Morgan fingerprint density at radius 1 is 0.736 bits per heavy atom. The van der Waals surface area contributed by atoms with E-state index < -0.39 is 77.5 Å². The number of carbonyl (C=O) groups excluding carboxylic acids is 6. The minimum absolute atomic E-state index is 0.0434. The van der Waals surface area contributed by atoms with E-state index in [2.05, 4.69) is 26.6 Å². The predicted molar refractivity (Wildman–Crippen MR) is 204 cm³/mol. The zero-order chi connectivity index (χ0) is 40.6. The van der Waals surface area contributed by atoms with Gasteiger partial charge in [0.15, 0.2) is 0 Å². The number of methoxy groups -OCH3 is 1. The average molecular weight is 747 g/mol. The van der Waals surface area contributed by atoms with Gasteiger partial charge in [-0.2, -0.15) is 0 Å². The topological polar surface area (TPSA) is 207 Å². The second-order valence-electron chi connectivity index (χ2n) is 15.9. The van der Waals surface area contributed by atoms with E-state index in [0.29, 0.717) is 12.8 Å². The van der Waals surface area contributed by atoms with E-state index in [1.807, 2.05) is 58.0 Å². The largest absolute Gasteiger partial charge is 0.467 e. The van der Waals surface area contributed by atoms with Crippen LogP contribution in [-0.2, 0) is 39.9 Å². The Labute approximate surface area is 316 Å². The highest BCUT2D eigenvalue weighted by molar-refractivity contribution is 5.92. The molecule has 300 valence electrons. The quantitative estimate of drug-likeness (QED) is 0.108. The number of ether oxygens (including phenoxy) is 2. The molecule has 0 saturated heterocycles. The van der Waals surface area contributed by atoms with E-state index >= 15 is 0 Å². The number of amides is 5. The van der Waals surface area contributed by atoms with Crippen LogP contribution in [0.1, 0.15) is 101 Å². The minimum Gasteiger partial charge on any atom is -0.467 e. The Morgan fingerprint density at radius 3 is 1.77 bits per heavy atom. The molecule has 0 unspecified atom stereocenters. The van der Waals surface area contributed by atoms with Crippen molar-refractivity contribution in [3.63, 3.8) is 0 Å². The lowest BCUT2D eigenvalue weighted by Crippen LogP contribution is -2.60. The van der Waals surface area contributed by atoms with E-state index in [9.17, 15) is 28.8 Å². The molecule has 0 aliphatic heterocycles. The van der Waals surface area contributed by atoms with Crippen molar-refractivity contribution in [2.75, 3.05) is 7.11 Å². The summed E-state index contributed by atoms with van der Waals surface area (Å²) in [7, 11) is 1.24. The molecule has 0 fully saturated rings. The molecule has 0 spiro atoms. The lowest BCUT2D eigenvalue weighted by Gasteiger charge is -2.31. The molecule has 0 aliphatic carbocycles. The Kier molecular flexibility index (Phi) is 19.5. The highest BCUT2D eigenvalue weighted by Gasteiger charge is 2.35. The molecule has 7 atom stereocenters. The van der Waals surface area contributed by atoms with E-state index in [1.165, 1.54) is 7.11 Å². The van der Waals surface area contributed by atoms with E-state index in [-0.39, 0.29) is 36.5 Å². The number of nitrogens with two attached hydrogens (primary N) is 1. The number of rotatable bonds is 20. The molecule has 14 heteroatoms. The molecule has 0 aromatic heterocycles. The Morgan fingerprint density at radius 2 is 1.28 bits per heavy atom. The Hall–Kier alpha value is -4.20. The summed E-state index contributed by atoms with van der Waals surface area (Å²) in [5, 5.41) is 13.9. The molecule has 5 amide bonds. The van der Waals surface area contributed by atoms with Crippen molar-refractivity contribution < 1.29 is 38.2 Å². The SMILES string of the molecule is CC[C@H](C)[C@H](NC(=O)C[C@H](N)[C@H](Cc1ccccc1)NC(=O)[C@@H](NC(=O)[C@H](CC(C)C)NC(=O)OC(C)(C)C)C(C)C)C(=O)N[C@H](C(=O)OC)C(C)C. The third kappa shape index (κ3) is 17.0. The summed E-state index contributed by atoms with van der Waals surface area (Å²) in [4.78, 5) is 79.3. The summed E-state index contributed by atoms with van der Waals surface area (Å²) >= 11 is 0. The van der Waals surface area contributed by atoms with Crippen molar-refractivity contribution in [2.45, 2.75) is 144 Å². The standard InChI is InChI=1S/C39H66N6O8/c1-13-25(8)33(36(49)45-32(24(6)7)37(50)52-12)43-30(46)21-27(40)28(20-26-17-15-14-16-18-26)41-35(48)31(23(4)5)44-34(47)29(19-22(2)3)42-38(51)53-39(9,10)11/h14-18,22-25,27-29,31-33H,13,19-21,40H2,1-12H3,(H,41,48)(H,42,51)(H,43,46)(H,44,47)(H,45,49)/t25-,27-,28-,29-,31-,32-,33-/m0/s1. The number of benzene rings is 1. The summed E-state index contributed by atoms with van der Waals surface area (Å²) in [6.07, 6.45) is 0.171. The van der Waals surface area contributed by atoms with Crippen molar-refractivity contribution in [1.29, 1.82) is 0 Å². The summed E-state index contributed by atoms with van der Waals surface area (Å²) in [5.41, 5.74) is 6.74. The third-order valence-corrected chi connectivity index (χ3v) is 8.76. The molecule has 1 aromatic rings. The summed E-state index contributed by atoms with van der Waals surface area (Å²) < 4.78 is 10.2. The van der Waals surface area contributed by atoms with Crippen LogP contribution >= 0.6 is 0 Å². The maximum atomic E-state index is 13.9. The van der Waals surface area contributed by atoms with Gasteiger partial charge in [0.1, 0.15) is 29.8 Å². The van der Waals surface area contributed by atoms with E-state index in [4.69, 9.17) is 15.2 Å². The molecule has 14 nitrogen and oxygen atoms in total. The fourth-order valence-corrected chi connectivity index (χ4v) is 5.55. The highest BCUT2D eigenvalue weighted by Crippen LogP contribution is 2.15. The molecule has 7 N–H and O–H groups in total. The van der Waals surface area contributed by atoms with Gasteiger partial charge in [-0.05, 0) is 62.8 Å². The molecule has 0 heterocycles. The van der Waals surface area contributed by atoms with Gasteiger partial charge < -0.3 is 41.8 Å². The van der Waals surface area contributed by atoms with Crippen LogP contribution in [-0.4, -0.2) is 84.7 Å². The second kappa shape index (κ2) is 22.1. The molecule has 0 aliphatic rings. The first kappa shape index (κ1) is 46.8. The van der Waals surface area contributed by atoms with Gasteiger partial charge in [-0.25, -0.2) is 9.59 Å². The molecule has 53 heavy (non-hydrogen) atoms. The zero-order valence-corrected chi connectivity index (χ0v) is 33.8. The van der Waals surface area contributed by atoms with Gasteiger partial charge in [0.2, 0.25) is 23.6 Å². The van der Waals surface area contributed by atoms with Crippen LogP contribution in [0.5, 0.6) is 0 Å². The van der Waals surface area contributed by atoms with Crippen LogP contribution in [0.25, 0.3) is 0 Å².